The highest BCUT2D eigenvalue weighted by Crippen LogP contribution is 2.41. The second-order valence-electron chi connectivity index (χ2n) is 9.22. The molecular weight excluding hydrogens is 453 g/mol. The van der Waals surface area contributed by atoms with Gasteiger partial charge in [0.25, 0.3) is 0 Å². The Kier molecular flexibility index (Phi) is 6.08. The molecule has 1 saturated carbocycles. The van der Waals surface area contributed by atoms with Gasteiger partial charge in [-0.05, 0) is 56.4 Å². The first-order chi connectivity index (χ1) is 16.4. The Bertz CT molecular complexity index is 1340. The maximum atomic E-state index is 14.3. The molecule has 0 bridgehead atoms. The summed E-state index contributed by atoms with van der Waals surface area (Å²) in [6.45, 7) is 4.11. The minimum atomic E-state index is -0.463. The molecule has 5 rings (SSSR count). The van der Waals surface area contributed by atoms with E-state index in [1.54, 1.807) is 13.2 Å². The number of hydrogen-bond donors (Lipinski definition) is 2. The Morgan fingerprint density at radius 3 is 2.74 bits per heavy atom. The zero-order chi connectivity index (χ0) is 24.0. The van der Waals surface area contributed by atoms with Gasteiger partial charge >= 0.3 is 0 Å². The summed E-state index contributed by atoms with van der Waals surface area (Å²) in [7, 11) is 1.56. The number of nitrogens with one attached hydrogen (secondary N) is 1. The summed E-state index contributed by atoms with van der Waals surface area (Å²) in [4.78, 5) is 7.91. The molecule has 0 spiro atoms. The van der Waals surface area contributed by atoms with Crippen LogP contribution in [0.15, 0.2) is 36.8 Å². The van der Waals surface area contributed by atoms with Crippen molar-refractivity contribution < 1.29 is 9.13 Å². The maximum Gasteiger partial charge on any atom is 0.142 e. The van der Waals surface area contributed by atoms with E-state index in [1.807, 2.05) is 25.5 Å². The molecule has 0 saturated heterocycles. The number of halogens is 2. The Morgan fingerprint density at radius 2 is 2.00 bits per heavy atom. The number of aromatic amines is 1. The number of H-pyrrole nitrogens is 1. The lowest BCUT2D eigenvalue weighted by Gasteiger charge is -2.27. The minimum absolute atomic E-state index is 0.0784. The van der Waals surface area contributed by atoms with Gasteiger partial charge in [0.15, 0.2) is 0 Å². The zero-order valence-corrected chi connectivity index (χ0v) is 20.4. The molecule has 1 atom stereocenters. The summed E-state index contributed by atoms with van der Waals surface area (Å²) in [5, 5.41) is 5.76. The van der Waals surface area contributed by atoms with Crippen LogP contribution in [0.2, 0.25) is 5.02 Å². The van der Waals surface area contributed by atoms with Crippen LogP contribution in [0.5, 0.6) is 5.75 Å². The SMILES string of the molecule is COc1ccc(F)c(Cl)c1[C@@H](C)c1c[nH]c2ncc(-c3cnn([C@H]4CC[C@H](N)CC4)c3C)cc12. The second-order valence-corrected chi connectivity index (χ2v) is 9.60. The molecule has 0 unspecified atom stereocenters. The predicted octanol–water partition coefficient (Wildman–Crippen LogP) is 6.13. The lowest BCUT2D eigenvalue weighted by molar-refractivity contribution is 0.300. The van der Waals surface area contributed by atoms with Crippen LogP contribution in [0.1, 0.15) is 61.4 Å². The third-order valence-corrected chi connectivity index (χ3v) is 7.60. The van der Waals surface area contributed by atoms with Gasteiger partial charge < -0.3 is 15.5 Å². The van der Waals surface area contributed by atoms with E-state index >= 15 is 0 Å². The molecule has 1 aliphatic carbocycles. The fourth-order valence-corrected chi connectivity index (χ4v) is 5.56. The average molecular weight is 482 g/mol. The first-order valence-electron chi connectivity index (χ1n) is 11.7. The van der Waals surface area contributed by atoms with E-state index in [0.29, 0.717) is 23.4 Å². The standard InChI is InChI=1S/C26H29ClFN5O/c1-14(24-23(34-3)9-8-22(28)25(24)27)20-12-31-26-19(20)10-16(11-30-26)21-13-32-33(15(21)2)18-6-4-17(29)5-7-18/h8-14,17-18H,4-7,29H2,1-3H3,(H,30,31)/t14-,17-,18-/m0/s1. The molecule has 34 heavy (non-hydrogen) atoms. The zero-order valence-electron chi connectivity index (χ0n) is 19.6. The van der Waals surface area contributed by atoms with Crippen LogP contribution in [-0.4, -0.2) is 32.9 Å². The van der Waals surface area contributed by atoms with Crippen LogP contribution in [0, 0.1) is 12.7 Å². The first kappa shape index (κ1) is 22.9. The highest BCUT2D eigenvalue weighted by molar-refractivity contribution is 6.31. The third-order valence-electron chi connectivity index (χ3n) is 7.22. The van der Waals surface area contributed by atoms with Crippen molar-refractivity contribution in [2.24, 2.45) is 5.73 Å². The summed E-state index contributed by atoms with van der Waals surface area (Å²) in [5.41, 5.74) is 11.6. The molecule has 6 nitrogen and oxygen atoms in total. The van der Waals surface area contributed by atoms with Crippen LogP contribution in [-0.2, 0) is 0 Å². The number of hydrogen-bond acceptors (Lipinski definition) is 4. The number of aromatic nitrogens is 4. The van der Waals surface area contributed by atoms with E-state index in [9.17, 15) is 4.39 Å². The number of nitrogens with zero attached hydrogens (tertiary/aromatic N) is 3. The number of methoxy groups -OCH3 is 1. The topological polar surface area (TPSA) is 81.8 Å². The average Bonchev–Trinajstić information content (AvgIpc) is 3.44. The highest BCUT2D eigenvalue weighted by Gasteiger charge is 2.25. The Balaban J connectivity index is 1.54. The highest BCUT2D eigenvalue weighted by atomic mass is 35.5. The normalized spacial score (nSPS) is 19.5. The van der Waals surface area contributed by atoms with Gasteiger partial charge in [0.05, 0.1) is 24.4 Å². The lowest BCUT2D eigenvalue weighted by Crippen LogP contribution is -2.28. The number of fused-ring (bicyclic) bond motifs is 1. The molecule has 0 radical (unpaired) electrons. The fraction of sp³-hybridized carbons (Fsp3) is 0.385. The predicted molar refractivity (Wildman–Crippen MR) is 133 cm³/mol. The summed E-state index contributed by atoms with van der Waals surface area (Å²) >= 11 is 6.37. The van der Waals surface area contributed by atoms with Gasteiger partial charge in [-0.3, -0.25) is 4.68 Å². The number of pyridine rings is 1. The van der Waals surface area contributed by atoms with Gasteiger partial charge in [-0.25, -0.2) is 9.37 Å². The molecule has 8 heteroatoms. The smallest absolute Gasteiger partial charge is 0.142 e. The Labute approximate surface area is 203 Å². The van der Waals surface area contributed by atoms with Crippen molar-refractivity contribution in [2.45, 2.75) is 57.5 Å². The van der Waals surface area contributed by atoms with E-state index in [0.717, 1.165) is 59.1 Å². The first-order valence-corrected chi connectivity index (χ1v) is 12.1. The largest absolute Gasteiger partial charge is 0.496 e. The molecular formula is C26H29ClFN5O. The van der Waals surface area contributed by atoms with Gasteiger partial charge in [0.1, 0.15) is 17.2 Å². The summed E-state index contributed by atoms with van der Waals surface area (Å²) < 4.78 is 21.9. The van der Waals surface area contributed by atoms with E-state index in [1.165, 1.54) is 6.07 Å². The molecule has 178 valence electrons. The molecule has 0 amide bonds. The molecule has 3 aromatic heterocycles. The number of ether oxygens (including phenoxy) is 1. The molecule has 3 heterocycles. The molecule has 1 aliphatic rings. The summed E-state index contributed by atoms with van der Waals surface area (Å²) in [6.07, 6.45) is 9.87. The van der Waals surface area contributed by atoms with E-state index in [2.05, 4.69) is 27.6 Å². The maximum absolute atomic E-state index is 14.3. The van der Waals surface area contributed by atoms with Gasteiger partial charge in [-0.1, -0.05) is 18.5 Å². The van der Waals surface area contributed by atoms with Crippen molar-refractivity contribution in [3.8, 4) is 16.9 Å². The lowest BCUT2D eigenvalue weighted by atomic mass is 9.91. The van der Waals surface area contributed by atoms with Gasteiger partial charge in [0, 0.05) is 52.1 Å². The van der Waals surface area contributed by atoms with E-state index in [4.69, 9.17) is 27.2 Å². The molecule has 1 fully saturated rings. The van der Waals surface area contributed by atoms with E-state index < -0.39 is 5.82 Å². The second kappa shape index (κ2) is 9.04. The van der Waals surface area contributed by atoms with Crippen LogP contribution in [0.25, 0.3) is 22.2 Å². The monoisotopic (exact) mass is 481 g/mol. The van der Waals surface area contributed by atoms with Gasteiger partial charge in [0.2, 0.25) is 0 Å². The van der Waals surface area contributed by atoms with Crippen molar-refractivity contribution in [2.75, 3.05) is 7.11 Å². The minimum Gasteiger partial charge on any atom is -0.496 e. The molecule has 3 N–H and O–H groups in total. The van der Waals surface area contributed by atoms with Gasteiger partial charge in [-0.15, -0.1) is 0 Å². The number of rotatable bonds is 5. The van der Waals surface area contributed by atoms with Crippen molar-refractivity contribution in [1.29, 1.82) is 0 Å². The van der Waals surface area contributed by atoms with Crippen LogP contribution in [0.3, 0.4) is 0 Å². The number of nitrogens with two attached hydrogens (primary N) is 1. The Morgan fingerprint density at radius 1 is 1.24 bits per heavy atom. The van der Waals surface area contributed by atoms with E-state index in [-0.39, 0.29) is 10.9 Å². The van der Waals surface area contributed by atoms with Crippen molar-refractivity contribution in [1.82, 2.24) is 19.7 Å². The summed E-state index contributed by atoms with van der Waals surface area (Å²) in [5.74, 6) is -0.115. The van der Waals surface area contributed by atoms with Crippen molar-refractivity contribution in [3.05, 3.63) is 64.5 Å². The fourth-order valence-electron chi connectivity index (χ4n) is 5.24. The Hall–Kier alpha value is -2.90. The quantitative estimate of drug-likeness (QED) is 0.359. The molecule has 0 aliphatic heterocycles. The van der Waals surface area contributed by atoms with Crippen LogP contribution < -0.4 is 10.5 Å². The van der Waals surface area contributed by atoms with Crippen molar-refractivity contribution in [3.63, 3.8) is 0 Å². The summed E-state index contributed by atoms with van der Waals surface area (Å²) in [6, 6.07) is 5.75. The van der Waals surface area contributed by atoms with Crippen LogP contribution >= 0.6 is 11.6 Å². The number of benzene rings is 1. The molecule has 4 aromatic rings. The van der Waals surface area contributed by atoms with Crippen LogP contribution in [0.4, 0.5) is 4.39 Å². The third kappa shape index (κ3) is 3.87. The molecule has 1 aromatic carbocycles. The van der Waals surface area contributed by atoms with Crippen molar-refractivity contribution >= 4 is 22.6 Å². The van der Waals surface area contributed by atoms with Gasteiger partial charge in [-0.2, -0.15) is 5.10 Å².